The standard InChI is InChI=1S/C31H42N2O9S/c1-6-13-41-31-28(40-14-7-11-33-12-10-32-20-33)17-23(18-29(31)43(35,36)19-21(2)34)25-9-8-24(42-25)22-15-26(37-3)30(39-5)27(16-22)38-4/h10,12,15-18,20-21,24-25,34H,6-9,11,13-14,19H2,1-5H3. The third-order valence-electron chi connectivity index (χ3n) is 7.12. The maximum absolute atomic E-state index is 13.5. The summed E-state index contributed by atoms with van der Waals surface area (Å²) in [4.78, 5) is 4.05. The molecule has 0 spiro atoms. The molecule has 0 radical (unpaired) electrons. The van der Waals surface area contributed by atoms with Gasteiger partial charge in [-0.05, 0) is 68.0 Å². The zero-order valence-electron chi connectivity index (χ0n) is 25.4. The molecular formula is C31H42N2O9S. The molecule has 1 fully saturated rings. The van der Waals surface area contributed by atoms with Crippen molar-refractivity contribution in [2.75, 3.05) is 40.3 Å². The van der Waals surface area contributed by atoms with Gasteiger partial charge in [-0.2, -0.15) is 0 Å². The number of nitrogens with zero attached hydrogens (tertiary/aromatic N) is 2. The Morgan fingerprint density at radius 1 is 0.953 bits per heavy atom. The van der Waals surface area contributed by atoms with Gasteiger partial charge in [-0.15, -0.1) is 0 Å². The molecule has 236 valence electrons. The minimum atomic E-state index is -3.92. The van der Waals surface area contributed by atoms with Crippen LogP contribution in [0.4, 0.5) is 0 Å². The first-order chi connectivity index (χ1) is 20.7. The molecule has 1 N–H and O–H groups in total. The molecule has 2 heterocycles. The summed E-state index contributed by atoms with van der Waals surface area (Å²) >= 11 is 0. The van der Waals surface area contributed by atoms with Crippen LogP contribution in [0, 0.1) is 0 Å². The van der Waals surface area contributed by atoms with E-state index in [2.05, 4.69) is 4.98 Å². The van der Waals surface area contributed by atoms with Crippen LogP contribution in [0.1, 0.15) is 62.9 Å². The predicted octanol–water partition coefficient (Wildman–Crippen LogP) is 4.91. The van der Waals surface area contributed by atoms with Crippen LogP contribution in [0.5, 0.6) is 28.7 Å². The van der Waals surface area contributed by atoms with E-state index < -0.39 is 27.8 Å². The van der Waals surface area contributed by atoms with Crippen molar-refractivity contribution in [1.29, 1.82) is 0 Å². The van der Waals surface area contributed by atoms with Crippen LogP contribution in [0.15, 0.2) is 47.9 Å². The molecule has 1 aromatic heterocycles. The van der Waals surface area contributed by atoms with Gasteiger partial charge in [0, 0.05) is 18.9 Å². The number of aryl methyl sites for hydroxylation is 1. The Kier molecular flexibility index (Phi) is 11.2. The van der Waals surface area contributed by atoms with Gasteiger partial charge in [0.25, 0.3) is 0 Å². The molecule has 2 aromatic carbocycles. The number of ether oxygens (including phenoxy) is 6. The Morgan fingerprint density at radius 2 is 1.60 bits per heavy atom. The highest BCUT2D eigenvalue weighted by molar-refractivity contribution is 7.91. The minimum Gasteiger partial charge on any atom is -0.493 e. The van der Waals surface area contributed by atoms with E-state index in [9.17, 15) is 13.5 Å². The summed E-state index contributed by atoms with van der Waals surface area (Å²) in [5.41, 5.74) is 1.52. The Hall–Kier alpha value is -3.48. The van der Waals surface area contributed by atoms with Crippen molar-refractivity contribution >= 4 is 9.84 Å². The topological polar surface area (TPSA) is 128 Å². The number of hydrogen-bond donors (Lipinski definition) is 1. The average Bonchev–Trinajstić information content (AvgIpc) is 3.70. The fourth-order valence-corrected chi connectivity index (χ4v) is 6.71. The average molecular weight is 619 g/mol. The molecule has 43 heavy (non-hydrogen) atoms. The molecule has 1 saturated heterocycles. The Labute approximate surface area is 253 Å². The van der Waals surface area contributed by atoms with E-state index >= 15 is 0 Å². The SMILES string of the molecule is CCCOc1c(OCCCn2ccnc2)cc(C2CCC(c3cc(OC)c(OC)c(OC)c3)O2)cc1S(=O)(=O)CC(C)O. The van der Waals surface area contributed by atoms with Gasteiger partial charge in [0.15, 0.2) is 32.8 Å². The van der Waals surface area contributed by atoms with E-state index in [4.69, 9.17) is 28.4 Å². The zero-order valence-corrected chi connectivity index (χ0v) is 26.3. The van der Waals surface area contributed by atoms with Crippen molar-refractivity contribution < 1.29 is 41.9 Å². The first kappa shape index (κ1) is 32.4. The highest BCUT2D eigenvalue weighted by Gasteiger charge is 2.33. The third-order valence-corrected chi connectivity index (χ3v) is 9.01. The molecular weight excluding hydrogens is 576 g/mol. The summed E-state index contributed by atoms with van der Waals surface area (Å²) < 4.78 is 64.2. The second-order valence-electron chi connectivity index (χ2n) is 10.5. The highest BCUT2D eigenvalue weighted by atomic mass is 32.2. The lowest BCUT2D eigenvalue weighted by molar-refractivity contribution is 0.0434. The molecule has 11 nitrogen and oxygen atoms in total. The second-order valence-corrected chi connectivity index (χ2v) is 12.5. The molecule has 0 bridgehead atoms. The molecule has 4 rings (SSSR count). The quantitative estimate of drug-likeness (QED) is 0.221. The number of sulfone groups is 1. The number of aromatic nitrogens is 2. The molecule has 0 saturated carbocycles. The Balaban J connectivity index is 1.67. The lowest BCUT2D eigenvalue weighted by Gasteiger charge is -2.21. The van der Waals surface area contributed by atoms with Gasteiger partial charge >= 0.3 is 0 Å². The van der Waals surface area contributed by atoms with Crippen LogP contribution < -0.4 is 23.7 Å². The second kappa shape index (κ2) is 14.8. The molecule has 3 aromatic rings. The molecule has 1 aliphatic heterocycles. The fraction of sp³-hybridized carbons (Fsp3) is 0.516. The third kappa shape index (κ3) is 7.92. The number of imidazole rings is 1. The van der Waals surface area contributed by atoms with Gasteiger partial charge in [0.2, 0.25) is 5.75 Å². The zero-order chi connectivity index (χ0) is 31.0. The van der Waals surface area contributed by atoms with E-state index in [1.54, 1.807) is 39.9 Å². The fourth-order valence-electron chi connectivity index (χ4n) is 5.14. The van der Waals surface area contributed by atoms with Crippen molar-refractivity contribution in [2.45, 2.75) is 69.3 Å². The lowest BCUT2D eigenvalue weighted by atomic mass is 10.0. The molecule has 3 atom stereocenters. The van der Waals surface area contributed by atoms with Crippen molar-refractivity contribution in [3.05, 3.63) is 54.1 Å². The number of aliphatic hydroxyl groups is 1. The first-order valence-corrected chi connectivity index (χ1v) is 16.1. The van der Waals surface area contributed by atoms with Crippen LogP contribution in [-0.2, 0) is 21.1 Å². The van der Waals surface area contributed by atoms with Gasteiger partial charge < -0.3 is 38.1 Å². The van der Waals surface area contributed by atoms with Crippen molar-refractivity contribution in [3.63, 3.8) is 0 Å². The van der Waals surface area contributed by atoms with Crippen LogP contribution in [0.25, 0.3) is 0 Å². The molecule has 0 amide bonds. The number of methoxy groups -OCH3 is 3. The summed E-state index contributed by atoms with van der Waals surface area (Å²) in [5, 5.41) is 10.0. The monoisotopic (exact) mass is 618 g/mol. The summed E-state index contributed by atoms with van der Waals surface area (Å²) in [6.07, 6.45) is 6.27. The summed E-state index contributed by atoms with van der Waals surface area (Å²) in [6, 6.07) is 7.14. The van der Waals surface area contributed by atoms with E-state index in [0.29, 0.717) is 74.0 Å². The molecule has 1 aliphatic rings. The summed E-state index contributed by atoms with van der Waals surface area (Å²) in [7, 11) is 0.756. The highest BCUT2D eigenvalue weighted by Crippen LogP contribution is 2.48. The molecule has 12 heteroatoms. The van der Waals surface area contributed by atoms with Crippen LogP contribution >= 0.6 is 0 Å². The van der Waals surface area contributed by atoms with Gasteiger partial charge in [-0.25, -0.2) is 13.4 Å². The van der Waals surface area contributed by atoms with Crippen molar-refractivity contribution in [2.24, 2.45) is 0 Å². The van der Waals surface area contributed by atoms with Gasteiger partial charge in [0.1, 0.15) is 4.90 Å². The van der Waals surface area contributed by atoms with Gasteiger partial charge in [-0.1, -0.05) is 6.92 Å². The van der Waals surface area contributed by atoms with E-state index in [1.807, 2.05) is 35.9 Å². The van der Waals surface area contributed by atoms with Crippen molar-refractivity contribution in [3.8, 4) is 28.7 Å². The number of aliphatic hydroxyl groups excluding tert-OH is 1. The van der Waals surface area contributed by atoms with Gasteiger partial charge in [-0.3, -0.25) is 0 Å². The van der Waals surface area contributed by atoms with Crippen LogP contribution in [0.3, 0.4) is 0 Å². The molecule has 3 unspecified atom stereocenters. The van der Waals surface area contributed by atoms with Crippen LogP contribution in [-0.4, -0.2) is 69.5 Å². The smallest absolute Gasteiger partial charge is 0.203 e. The molecule has 0 aliphatic carbocycles. The predicted molar refractivity (Wildman–Crippen MR) is 160 cm³/mol. The van der Waals surface area contributed by atoms with Crippen LogP contribution in [0.2, 0.25) is 0 Å². The lowest BCUT2D eigenvalue weighted by Crippen LogP contribution is -2.19. The summed E-state index contributed by atoms with van der Waals surface area (Å²) in [5.74, 6) is 1.60. The van der Waals surface area contributed by atoms with E-state index in [0.717, 1.165) is 5.56 Å². The van der Waals surface area contributed by atoms with E-state index in [-0.39, 0.29) is 16.7 Å². The number of benzene rings is 2. The first-order valence-electron chi connectivity index (χ1n) is 14.5. The maximum atomic E-state index is 13.5. The van der Waals surface area contributed by atoms with Crippen molar-refractivity contribution in [1.82, 2.24) is 9.55 Å². The largest absolute Gasteiger partial charge is 0.493 e. The van der Waals surface area contributed by atoms with E-state index in [1.165, 1.54) is 6.92 Å². The Morgan fingerprint density at radius 3 is 2.16 bits per heavy atom. The minimum absolute atomic E-state index is 0.0104. The summed E-state index contributed by atoms with van der Waals surface area (Å²) in [6.45, 7) is 4.73. The number of rotatable bonds is 16. The normalized spacial score (nSPS) is 17.4. The number of hydrogen-bond acceptors (Lipinski definition) is 10. The van der Waals surface area contributed by atoms with Gasteiger partial charge in [0.05, 0.1) is 64.9 Å². The maximum Gasteiger partial charge on any atom is 0.203 e. The Bertz CT molecular complexity index is 1420.